The Morgan fingerprint density at radius 1 is 1.33 bits per heavy atom. The number of aryl methyl sites for hydroxylation is 1. The molecular weight excluding hydrogens is 244 g/mol. The molecule has 0 saturated carbocycles. The second-order valence-corrected chi connectivity index (χ2v) is 6.19. The summed E-state index contributed by atoms with van der Waals surface area (Å²) in [6.07, 6.45) is 2.43. The topological polar surface area (TPSA) is 29.5 Å². The molecule has 1 aliphatic heterocycles. The Balaban J connectivity index is 1.88. The molecule has 2 nitrogen and oxygen atoms in total. The lowest BCUT2D eigenvalue weighted by Gasteiger charge is -2.28. The molecule has 3 heteroatoms. The van der Waals surface area contributed by atoms with Gasteiger partial charge in [0.15, 0.2) is 0 Å². The van der Waals surface area contributed by atoms with E-state index in [1.165, 1.54) is 24.3 Å². The molecule has 0 bridgehead atoms. The van der Waals surface area contributed by atoms with Gasteiger partial charge in [-0.1, -0.05) is 18.2 Å². The lowest BCUT2D eigenvalue weighted by molar-refractivity contribution is 0.112. The zero-order chi connectivity index (χ0) is 12.8. The number of rotatable bonds is 5. The van der Waals surface area contributed by atoms with Crippen LogP contribution >= 0.6 is 11.8 Å². The lowest BCUT2D eigenvalue weighted by atomic mass is 9.88. The summed E-state index contributed by atoms with van der Waals surface area (Å²) < 4.78 is 5.88. The molecule has 1 atom stereocenters. The van der Waals surface area contributed by atoms with Gasteiger partial charge in [-0.05, 0) is 48.8 Å². The average Bonchev–Trinajstić information content (AvgIpc) is 2.42. The van der Waals surface area contributed by atoms with E-state index in [4.69, 9.17) is 4.74 Å². The molecule has 1 saturated heterocycles. The van der Waals surface area contributed by atoms with Gasteiger partial charge in [-0.15, -0.1) is 0 Å². The Labute approximate surface area is 114 Å². The van der Waals surface area contributed by atoms with Crippen LogP contribution in [0, 0.1) is 18.8 Å². The van der Waals surface area contributed by atoms with Crippen molar-refractivity contribution in [3.63, 3.8) is 0 Å². The largest absolute Gasteiger partial charge is 0.493 e. The fraction of sp³-hybridized carbons (Fsp3) is 0.600. The molecule has 1 aromatic carbocycles. The summed E-state index contributed by atoms with van der Waals surface area (Å²) in [5.74, 6) is 4.31. The van der Waals surface area contributed by atoms with Gasteiger partial charge in [-0.2, -0.15) is 11.8 Å². The quantitative estimate of drug-likeness (QED) is 0.888. The van der Waals surface area contributed by atoms with Gasteiger partial charge in [0.2, 0.25) is 0 Å². The van der Waals surface area contributed by atoms with Gasteiger partial charge in [0.05, 0.1) is 6.61 Å². The monoisotopic (exact) mass is 266 g/mol. The molecule has 2 rings (SSSR count). The molecular formula is C15H22O2S. The molecule has 1 heterocycles. The van der Waals surface area contributed by atoms with Gasteiger partial charge >= 0.3 is 0 Å². The van der Waals surface area contributed by atoms with Gasteiger partial charge in [0, 0.05) is 12.5 Å². The maximum Gasteiger partial charge on any atom is 0.122 e. The fourth-order valence-corrected chi connectivity index (χ4v) is 3.58. The van der Waals surface area contributed by atoms with Crippen molar-refractivity contribution in [2.24, 2.45) is 11.8 Å². The van der Waals surface area contributed by atoms with Gasteiger partial charge in [-0.25, -0.2) is 0 Å². The second-order valence-electron chi connectivity index (χ2n) is 4.97. The van der Waals surface area contributed by atoms with Crippen LogP contribution in [0.25, 0.3) is 0 Å². The van der Waals surface area contributed by atoms with Crippen LogP contribution in [0.1, 0.15) is 18.4 Å². The van der Waals surface area contributed by atoms with E-state index in [1.807, 2.05) is 30.0 Å². The normalized spacial score (nSPS) is 18.6. The van der Waals surface area contributed by atoms with Crippen LogP contribution < -0.4 is 4.74 Å². The number of hydrogen-bond acceptors (Lipinski definition) is 3. The number of ether oxygens (including phenoxy) is 1. The van der Waals surface area contributed by atoms with E-state index in [1.54, 1.807) is 0 Å². The van der Waals surface area contributed by atoms with Crippen molar-refractivity contribution in [1.82, 2.24) is 0 Å². The lowest BCUT2D eigenvalue weighted by Crippen LogP contribution is -2.28. The Kier molecular flexibility index (Phi) is 5.39. The van der Waals surface area contributed by atoms with Crippen LogP contribution in [0.5, 0.6) is 5.75 Å². The van der Waals surface area contributed by atoms with Crippen LogP contribution in [0.2, 0.25) is 0 Å². The number of aliphatic hydroxyl groups is 1. The van der Waals surface area contributed by atoms with Crippen molar-refractivity contribution in [3.05, 3.63) is 29.8 Å². The highest BCUT2D eigenvalue weighted by molar-refractivity contribution is 7.99. The van der Waals surface area contributed by atoms with E-state index in [9.17, 15) is 5.11 Å². The number of para-hydroxylation sites is 1. The van der Waals surface area contributed by atoms with Gasteiger partial charge in [-0.3, -0.25) is 0 Å². The van der Waals surface area contributed by atoms with Gasteiger partial charge in [0.25, 0.3) is 0 Å². The van der Waals surface area contributed by atoms with E-state index in [2.05, 4.69) is 13.0 Å². The summed E-state index contributed by atoms with van der Waals surface area (Å²) >= 11 is 2.02. The Morgan fingerprint density at radius 2 is 2.06 bits per heavy atom. The summed E-state index contributed by atoms with van der Waals surface area (Å²) in [4.78, 5) is 0. The molecule has 1 unspecified atom stereocenters. The van der Waals surface area contributed by atoms with Crippen LogP contribution in [0.4, 0.5) is 0 Å². The first-order chi connectivity index (χ1) is 8.81. The Bertz CT molecular complexity index is 361. The van der Waals surface area contributed by atoms with Gasteiger partial charge in [0.1, 0.15) is 5.75 Å². The minimum Gasteiger partial charge on any atom is -0.493 e. The summed E-state index contributed by atoms with van der Waals surface area (Å²) in [6, 6.07) is 8.07. The van der Waals surface area contributed by atoms with Crippen LogP contribution in [0.3, 0.4) is 0 Å². The molecule has 1 aromatic rings. The molecule has 1 aliphatic rings. The van der Waals surface area contributed by atoms with Crippen LogP contribution in [-0.4, -0.2) is 29.8 Å². The number of benzene rings is 1. The zero-order valence-electron chi connectivity index (χ0n) is 11.0. The average molecular weight is 266 g/mol. The number of hydrogen-bond donors (Lipinski definition) is 1. The summed E-state index contributed by atoms with van der Waals surface area (Å²) in [5, 5.41) is 9.54. The van der Waals surface area contributed by atoms with E-state index in [0.29, 0.717) is 12.5 Å². The minimum absolute atomic E-state index is 0.237. The summed E-state index contributed by atoms with van der Waals surface area (Å²) in [6.45, 7) is 2.93. The molecule has 0 aromatic heterocycles. The highest BCUT2D eigenvalue weighted by Crippen LogP contribution is 2.29. The molecule has 0 aliphatic carbocycles. The maximum atomic E-state index is 9.54. The summed E-state index contributed by atoms with van der Waals surface area (Å²) in [5.41, 5.74) is 1.16. The third kappa shape index (κ3) is 3.66. The first-order valence-electron chi connectivity index (χ1n) is 6.68. The smallest absolute Gasteiger partial charge is 0.122 e. The molecule has 0 amide bonds. The van der Waals surface area contributed by atoms with Crippen molar-refractivity contribution in [2.45, 2.75) is 19.8 Å². The molecule has 0 radical (unpaired) electrons. The van der Waals surface area contributed by atoms with Crippen molar-refractivity contribution < 1.29 is 9.84 Å². The highest BCUT2D eigenvalue weighted by atomic mass is 32.2. The SMILES string of the molecule is Cc1ccccc1OCC(CO)C1CCSCC1. The number of thioether (sulfide) groups is 1. The maximum absolute atomic E-state index is 9.54. The predicted octanol–water partition coefficient (Wildman–Crippen LogP) is 3.13. The Morgan fingerprint density at radius 3 is 2.72 bits per heavy atom. The first-order valence-corrected chi connectivity index (χ1v) is 7.83. The van der Waals surface area contributed by atoms with Crippen molar-refractivity contribution in [3.8, 4) is 5.75 Å². The van der Waals surface area contributed by atoms with E-state index >= 15 is 0 Å². The van der Waals surface area contributed by atoms with Crippen LogP contribution in [0.15, 0.2) is 24.3 Å². The van der Waals surface area contributed by atoms with E-state index < -0.39 is 0 Å². The molecule has 18 heavy (non-hydrogen) atoms. The van der Waals surface area contributed by atoms with Gasteiger partial charge < -0.3 is 9.84 Å². The zero-order valence-corrected chi connectivity index (χ0v) is 11.8. The molecule has 1 fully saturated rings. The highest BCUT2D eigenvalue weighted by Gasteiger charge is 2.24. The third-order valence-electron chi connectivity index (χ3n) is 3.71. The number of aliphatic hydroxyl groups excluding tert-OH is 1. The van der Waals surface area contributed by atoms with Crippen LogP contribution in [-0.2, 0) is 0 Å². The van der Waals surface area contributed by atoms with Crippen molar-refractivity contribution in [2.75, 3.05) is 24.7 Å². The third-order valence-corrected chi connectivity index (χ3v) is 4.76. The molecule has 0 spiro atoms. The first kappa shape index (κ1) is 13.8. The second kappa shape index (κ2) is 7.05. The van der Waals surface area contributed by atoms with Crippen molar-refractivity contribution in [1.29, 1.82) is 0 Å². The fourth-order valence-electron chi connectivity index (χ4n) is 2.44. The molecule has 1 N–H and O–H groups in total. The molecule has 100 valence electrons. The van der Waals surface area contributed by atoms with E-state index in [0.717, 1.165) is 11.3 Å². The van der Waals surface area contributed by atoms with E-state index in [-0.39, 0.29) is 12.5 Å². The summed E-state index contributed by atoms with van der Waals surface area (Å²) in [7, 11) is 0. The predicted molar refractivity (Wildman–Crippen MR) is 77.3 cm³/mol. The minimum atomic E-state index is 0.237. The standard InChI is InChI=1S/C15H22O2S/c1-12-4-2-3-5-15(12)17-11-14(10-16)13-6-8-18-9-7-13/h2-5,13-14,16H,6-11H2,1H3. The Hall–Kier alpha value is -0.670. The van der Waals surface area contributed by atoms with Crippen molar-refractivity contribution >= 4 is 11.8 Å².